The van der Waals surface area contributed by atoms with Crippen molar-refractivity contribution in [3.05, 3.63) is 0 Å². The second-order valence-corrected chi connectivity index (χ2v) is 8.20. The number of aliphatic hydroxyl groups is 3. The van der Waals surface area contributed by atoms with E-state index in [0.717, 1.165) is 38.5 Å². The van der Waals surface area contributed by atoms with Gasteiger partial charge in [-0.1, -0.05) is 97.3 Å². The Hall–Kier alpha value is -0.650. The van der Waals surface area contributed by atoms with Crippen molar-refractivity contribution in [1.82, 2.24) is 5.32 Å². The molecule has 0 rings (SSSR count). The van der Waals surface area contributed by atoms with Crippen molar-refractivity contribution in [3.63, 3.8) is 0 Å². The summed E-state index contributed by atoms with van der Waals surface area (Å²) in [6.07, 6.45) is 15.3. The zero-order chi connectivity index (χ0) is 21.0. The van der Waals surface area contributed by atoms with Gasteiger partial charge in [-0.2, -0.15) is 0 Å². The Bertz CT molecular complexity index is 351. The lowest BCUT2D eigenvalue weighted by Gasteiger charge is -2.26. The highest BCUT2D eigenvalue weighted by atomic mass is 16.3. The van der Waals surface area contributed by atoms with Crippen molar-refractivity contribution in [2.24, 2.45) is 0 Å². The number of carbonyl (C=O) groups is 1. The molecule has 0 radical (unpaired) electrons. The van der Waals surface area contributed by atoms with Crippen LogP contribution in [0.5, 0.6) is 0 Å². The van der Waals surface area contributed by atoms with E-state index in [9.17, 15) is 20.1 Å². The van der Waals surface area contributed by atoms with Gasteiger partial charge in [0.1, 0.15) is 6.10 Å². The molecule has 0 aromatic heterocycles. The Morgan fingerprint density at radius 3 is 1.71 bits per heavy atom. The lowest BCUT2D eigenvalue weighted by molar-refractivity contribution is -0.124. The van der Waals surface area contributed by atoms with Gasteiger partial charge in [0.2, 0.25) is 5.91 Å². The summed E-state index contributed by atoms with van der Waals surface area (Å²) in [5, 5.41) is 32.5. The highest BCUT2D eigenvalue weighted by Gasteiger charge is 2.26. The standard InChI is InChI=1S/C23H47NO4/c1-3-5-7-8-9-10-11-12-13-14-16-17-21(26)23(28)20(19-25)24-22(27)18-15-6-4-2/h20-21,23,25-26,28H,3-19H2,1-2H3,(H,24,27). The number of rotatable bonds is 20. The Kier molecular flexibility index (Phi) is 19.2. The molecule has 0 aliphatic rings. The Morgan fingerprint density at radius 2 is 1.21 bits per heavy atom. The minimum atomic E-state index is -1.12. The van der Waals surface area contributed by atoms with Crippen molar-refractivity contribution in [2.45, 2.75) is 135 Å². The molecule has 0 bridgehead atoms. The minimum absolute atomic E-state index is 0.173. The smallest absolute Gasteiger partial charge is 0.220 e. The van der Waals surface area contributed by atoms with Crippen molar-refractivity contribution in [1.29, 1.82) is 0 Å². The van der Waals surface area contributed by atoms with Crippen LogP contribution < -0.4 is 5.32 Å². The molecule has 0 spiro atoms. The van der Waals surface area contributed by atoms with E-state index in [-0.39, 0.29) is 12.5 Å². The maximum atomic E-state index is 11.9. The normalized spacial score (nSPS) is 14.6. The van der Waals surface area contributed by atoms with Gasteiger partial charge in [-0.3, -0.25) is 4.79 Å². The van der Waals surface area contributed by atoms with Gasteiger partial charge in [-0.05, 0) is 12.8 Å². The van der Waals surface area contributed by atoms with Crippen LogP contribution in [0.4, 0.5) is 0 Å². The van der Waals surface area contributed by atoms with Crippen LogP contribution in [0.3, 0.4) is 0 Å². The number of nitrogens with one attached hydrogen (secondary N) is 1. The molecule has 0 saturated heterocycles. The average Bonchev–Trinajstić information content (AvgIpc) is 2.69. The summed E-state index contributed by atoms with van der Waals surface area (Å²) in [6, 6.07) is -0.795. The van der Waals surface area contributed by atoms with E-state index >= 15 is 0 Å². The average molecular weight is 402 g/mol. The predicted molar refractivity (Wildman–Crippen MR) is 116 cm³/mol. The SMILES string of the molecule is CCCCCCCCCCCCCC(O)C(O)C(CO)NC(=O)CCCCC. The zero-order valence-corrected chi connectivity index (χ0v) is 18.5. The molecule has 0 heterocycles. The van der Waals surface area contributed by atoms with Gasteiger partial charge in [0, 0.05) is 6.42 Å². The maximum absolute atomic E-state index is 11.9. The second-order valence-electron chi connectivity index (χ2n) is 8.20. The van der Waals surface area contributed by atoms with Gasteiger partial charge in [-0.25, -0.2) is 0 Å². The summed E-state index contributed by atoms with van der Waals surface area (Å²) < 4.78 is 0. The van der Waals surface area contributed by atoms with Crippen molar-refractivity contribution >= 4 is 5.91 Å². The van der Waals surface area contributed by atoms with Crippen LogP contribution in [0, 0.1) is 0 Å². The fraction of sp³-hybridized carbons (Fsp3) is 0.957. The quantitative estimate of drug-likeness (QED) is 0.227. The molecule has 4 N–H and O–H groups in total. The number of carbonyl (C=O) groups excluding carboxylic acids is 1. The first kappa shape index (κ1) is 27.4. The van der Waals surface area contributed by atoms with E-state index in [1.807, 2.05) is 0 Å². The van der Waals surface area contributed by atoms with Crippen LogP contribution in [0.25, 0.3) is 0 Å². The molecule has 0 saturated carbocycles. The number of aliphatic hydroxyl groups excluding tert-OH is 3. The van der Waals surface area contributed by atoms with Gasteiger partial charge >= 0.3 is 0 Å². The van der Waals surface area contributed by atoms with Crippen molar-refractivity contribution in [3.8, 4) is 0 Å². The van der Waals surface area contributed by atoms with Gasteiger partial charge < -0.3 is 20.6 Å². The molecule has 28 heavy (non-hydrogen) atoms. The first-order chi connectivity index (χ1) is 13.6. The summed E-state index contributed by atoms with van der Waals surface area (Å²) in [7, 11) is 0. The molecule has 3 atom stereocenters. The molecular weight excluding hydrogens is 354 g/mol. The largest absolute Gasteiger partial charge is 0.394 e. The highest BCUT2D eigenvalue weighted by molar-refractivity contribution is 5.76. The number of unbranched alkanes of at least 4 members (excludes halogenated alkanes) is 12. The van der Waals surface area contributed by atoms with Crippen molar-refractivity contribution in [2.75, 3.05) is 6.61 Å². The molecular formula is C23H47NO4. The first-order valence-electron chi connectivity index (χ1n) is 11.8. The summed E-state index contributed by atoms with van der Waals surface area (Å²) in [6.45, 7) is 3.95. The predicted octanol–water partition coefficient (Wildman–Crippen LogP) is 4.47. The van der Waals surface area contributed by atoms with Crippen molar-refractivity contribution < 1.29 is 20.1 Å². The van der Waals surface area contributed by atoms with Gasteiger partial charge in [0.25, 0.3) is 0 Å². The fourth-order valence-electron chi connectivity index (χ4n) is 3.51. The number of hydrogen-bond acceptors (Lipinski definition) is 4. The van der Waals surface area contributed by atoms with Gasteiger partial charge in [-0.15, -0.1) is 0 Å². The minimum Gasteiger partial charge on any atom is -0.394 e. The van der Waals surface area contributed by atoms with E-state index in [2.05, 4.69) is 19.2 Å². The Labute approximate surface area is 173 Å². The third-order valence-electron chi connectivity index (χ3n) is 5.46. The maximum Gasteiger partial charge on any atom is 0.220 e. The molecule has 5 heteroatoms. The number of hydrogen-bond donors (Lipinski definition) is 4. The van der Waals surface area contributed by atoms with E-state index in [4.69, 9.17) is 0 Å². The molecule has 0 aliphatic heterocycles. The summed E-state index contributed by atoms with van der Waals surface area (Å²) in [4.78, 5) is 11.9. The molecule has 0 aromatic carbocycles. The summed E-state index contributed by atoms with van der Waals surface area (Å²) >= 11 is 0. The first-order valence-corrected chi connectivity index (χ1v) is 11.8. The van der Waals surface area contributed by atoms with Crippen LogP contribution in [-0.4, -0.2) is 46.1 Å². The third kappa shape index (κ3) is 15.3. The van der Waals surface area contributed by atoms with Crippen LogP contribution in [0.1, 0.15) is 117 Å². The summed E-state index contributed by atoms with van der Waals surface area (Å²) in [5.41, 5.74) is 0. The fourth-order valence-corrected chi connectivity index (χ4v) is 3.51. The molecule has 1 amide bonds. The lowest BCUT2D eigenvalue weighted by Crippen LogP contribution is -2.50. The Morgan fingerprint density at radius 1 is 0.750 bits per heavy atom. The topological polar surface area (TPSA) is 89.8 Å². The lowest BCUT2D eigenvalue weighted by atomic mass is 9.99. The third-order valence-corrected chi connectivity index (χ3v) is 5.46. The second kappa shape index (κ2) is 19.7. The summed E-state index contributed by atoms with van der Waals surface area (Å²) in [5.74, 6) is -0.173. The van der Waals surface area contributed by atoms with E-state index in [1.165, 1.54) is 51.4 Å². The zero-order valence-electron chi connectivity index (χ0n) is 18.5. The van der Waals surface area contributed by atoms with Crippen LogP contribution in [0.15, 0.2) is 0 Å². The molecule has 0 aromatic rings. The van der Waals surface area contributed by atoms with Crippen LogP contribution >= 0.6 is 0 Å². The molecule has 168 valence electrons. The Balaban J connectivity index is 3.77. The van der Waals surface area contributed by atoms with Crippen LogP contribution in [0.2, 0.25) is 0 Å². The van der Waals surface area contributed by atoms with E-state index in [1.54, 1.807) is 0 Å². The highest BCUT2D eigenvalue weighted by Crippen LogP contribution is 2.14. The number of amides is 1. The van der Waals surface area contributed by atoms with E-state index < -0.39 is 18.2 Å². The molecule has 3 unspecified atom stereocenters. The monoisotopic (exact) mass is 401 g/mol. The molecule has 5 nitrogen and oxygen atoms in total. The molecule has 0 aliphatic carbocycles. The molecule has 0 fully saturated rings. The van der Waals surface area contributed by atoms with E-state index in [0.29, 0.717) is 12.8 Å². The van der Waals surface area contributed by atoms with Crippen LogP contribution in [-0.2, 0) is 4.79 Å². The van der Waals surface area contributed by atoms with Gasteiger partial charge in [0.05, 0.1) is 18.8 Å². The van der Waals surface area contributed by atoms with Gasteiger partial charge in [0.15, 0.2) is 0 Å².